The normalized spacial score (nSPS) is 29.4. The van der Waals surface area contributed by atoms with Crippen LogP contribution in [0.3, 0.4) is 0 Å². The molecule has 1 fully saturated rings. The summed E-state index contributed by atoms with van der Waals surface area (Å²) in [5.41, 5.74) is 0. The zero-order valence-corrected chi connectivity index (χ0v) is 10.1. The van der Waals surface area contributed by atoms with Crippen molar-refractivity contribution >= 4 is 11.8 Å². The topological polar surface area (TPSA) is 30.5 Å². The first kappa shape index (κ1) is 12.3. The van der Waals surface area contributed by atoms with Gasteiger partial charge in [-0.15, -0.1) is 0 Å². The molecule has 0 aromatic heterocycles. The molecular formula is C10H21NO2S. The predicted molar refractivity (Wildman–Crippen MR) is 61.0 cm³/mol. The van der Waals surface area contributed by atoms with E-state index in [1.165, 1.54) is 6.42 Å². The molecule has 1 N–H and O–H groups in total. The van der Waals surface area contributed by atoms with Gasteiger partial charge >= 0.3 is 0 Å². The Bertz CT molecular complexity index is 157. The number of ether oxygens (including phenoxy) is 2. The smallest absolute Gasteiger partial charge is 0.0666 e. The van der Waals surface area contributed by atoms with Gasteiger partial charge in [0.25, 0.3) is 0 Å². The Labute approximate surface area is 90.9 Å². The van der Waals surface area contributed by atoms with E-state index in [0.29, 0.717) is 17.4 Å². The van der Waals surface area contributed by atoms with Crippen LogP contribution in [0.2, 0.25) is 0 Å². The Balaban J connectivity index is 2.17. The van der Waals surface area contributed by atoms with Crippen molar-refractivity contribution < 1.29 is 9.47 Å². The second kappa shape index (κ2) is 6.67. The molecule has 84 valence electrons. The van der Waals surface area contributed by atoms with Crippen LogP contribution in [0.4, 0.5) is 0 Å². The van der Waals surface area contributed by atoms with Gasteiger partial charge in [0.05, 0.1) is 12.7 Å². The van der Waals surface area contributed by atoms with E-state index >= 15 is 0 Å². The number of likely N-dealkylation sites (N-methyl/N-ethyl adjacent to an activating group) is 1. The lowest BCUT2D eigenvalue weighted by molar-refractivity contribution is 0.127. The fourth-order valence-electron chi connectivity index (χ4n) is 1.59. The van der Waals surface area contributed by atoms with Crippen LogP contribution < -0.4 is 5.32 Å². The highest BCUT2D eigenvalue weighted by molar-refractivity contribution is 8.00. The molecule has 1 rings (SSSR count). The first-order valence-corrected chi connectivity index (χ1v) is 6.22. The van der Waals surface area contributed by atoms with E-state index < -0.39 is 0 Å². The fraction of sp³-hybridized carbons (Fsp3) is 1.00. The molecule has 0 spiro atoms. The van der Waals surface area contributed by atoms with Crippen LogP contribution >= 0.6 is 11.8 Å². The third-order valence-corrected chi connectivity index (χ3v) is 4.24. The summed E-state index contributed by atoms with van der Waals surface area (Å²) in [5, 5.41) is 3.92. The van der Waals surface area contributed by atoms with Crippen LogP contribution in [-0.4, -0.2) is 50.5 Å². The molecule has 0 aromatic carbocycles. The summed E-state index contributed by atoms with van der Waals surface area (Å²) in [6.45, 7) is 3.87. The van der Waals surface area contributed by atoms with E-state index in [1.807, 2.05) is 18.8 Å². The zero-order chi connectivity index (χ0) is 10.4. The SMILES string of the molecule is CNC(COC)CSC1CCOC1C. The standard InChI is InChI=1S/C10H21NO2S/c1-8-10(4-5-13-8)14-7-9(11-2)6-12-3/h8-11H,4-7H2,1-3H3. The number of nitrogens with one attached hydrogen (secondary N) is 1. The molecule has 1 saturated heterocycles. The highest BCUT2D eigenvalue weighted by Gasteiger charge is 2.25. The second-order valence-electron chi connectivity index (χ2n) is 3.68. The summed E-state index contributed by atoms with van der Waals surface area (Å²) >= 11 is 2.00. The molecule has 14 heavy (non-hydrogen) atoms. The Morgan fingerprint density at radius 1 is 1.64 bits per heavy atom. The van der Waals surface area contributed by atoms with Gasteiger partial charge in [0, 0.05) is 30.8 Å². The maximum Gasteiger partial charge on any atom is 0.0666 e. The number of rotatable bonds is 6. The molecule has 0 radical (unpaired) electrons. The number of thioether (sulfide) groups is 1. The van der Waals surface area contributed by atoms with E-state index in [2.05, 4.69) is 12.2 Å². The summed E-state index contributed by atoms with van der Waals surface area (Å²) in [6, 6.07) is 0.456. The van der Waals surface area contributed by atoms with Crippen molar-refractivity contribution in [3.8, 4) is 0 Å². The third kappa shape index (κ3) is 3.77. The van der Waals surface area contributed by atoms with Gasteiger partial charge in [0.15, 0.2) is 0 Å². The average Bonchev–Trinajstić information content (AvgIpc) is 2.59. The van der Waals surface area contributed by atoms with Gasteiger partial charge < -0.3 is 14.8 Å². The molecule has 0 saturated carbocycles. The predicted octanol–water partition coefficient (Wildman–Crippen LogP) is 1.13. The minimum Gasteiger partial charge on any atom is -0.383 e. The van der Waals surface area contributed by atoms with Crippen molar-refractivity contribution in [3.05, 3.63) is 0 Å². The van der Waals surface area contributed by atoms with Gasteiger partial charge in [-0.1, -0.05) is 0 Å². The molecule has 1 aliphatic rings. The largest absolute Gasteiger partial charge is 0.383 e. The highest BCUT2D eigenvalue weighted by Crippen LogP contribution is 2.26. The van der Waals surface area contributed by atoms with E-state index in [0.717, 1.165) is 19.0 Å². The average molecular weight is 219 g/mol. The quantitative estimate of drug-likeness (QED) is 0.725. The molecule has 1 heterocycles. The molecule has 1 aliphatic heterocycles. The number of hydrogen-bond donors (Lipinski definition) is 1. The van der Waals surface area contributed by atoms with Crippen LogP contribution in [0.5, 0.6) is 0 Å². The van der Waals surface area contributed by atoms with Crippen molar-refractivity contribution in [2.24, 2.45) is 0 Å². The molecule has 0 aliphatic carbocycles. The first-order valence-electron chi connectivity index (χ1n) is 5.17. The van der Waals surface area contributed by atoms with Crippen LogP contribution in [-0.2, 0) is 9.47 Å². The van der Waals surface area contributed by atoms with Crippen molar-refractivity contribution in [3.63, 3.8) is 0 Å². The molecule has 0 amide bonds. The monoisotopic (exact) mass is 219 g/mol. The lowest BCUT2D eigenvalue weighted by Gasteiger charge is -2.18. The van der Waals surface area contributed by atoms with E-state index in [4.69, 9.17) is 9.47 Å². The van der Waals surface area contributed by atoms with Crippen LogP contribution in [0.15, 0.2) is 0 Å². The lowest BCUT2D eigenvalue weighted by atomic mass is 10.3. The maximum atomic E-state index is 5.52. The fourth-order valence-corrected chi connectivity index (χ4v) is 2.94. The van der Waals surface area contributed by atoms with Crippen molar-refractivity contribution in [2.75, 3.05) is 33.1 Å². The highest BCUT2D eigenvalue weighted by atomic mass is 32.2. The van der Waals surface area contributed by atoms with Gasteiger partial charge in [-0.25, -0.2) is 0 Å². The molecular weight excluding hydrogens is 198 g/mol. The van der Waals surface area contributed by atoms with Crippen molar-refractivity contribution in [2.45, 2.75) is 30.7 Å². The third-order valence-electron chi connectivity index (χ3n) is 2.59. The molecule has 4 heteroatoms. The molecule has 3 nitrogen and oxygen atoms in total. The lowest BCUT2D eigenvalue weighted by Crippen LogP contribution is -2.33. The molecule has 3 atom stereocenters. The summed E-state index contributed by atoms with van der Waals surface area (Å²) in [5.74, 6) is 1.10. The first-order chi connectivity index (χ1) is 6.77. The molecule has 0 bridgehead atoms. The van der Waals surface area contributed by atoms with Crippen molar-refractivity contribution in [1.82, 2.24) is 5.32 Å². The van der Waals surface area contributed by atoms with Crippen LogP contribution in [0.1, 0.15) is 13.3 Å². The Hall–Kier alpha value is 0.230. The molecule has 3 unspecified atom stereocenters. The number of hydrogen-bond acceptors (Lipinski definition) is 4. The Kier molecular flexibility index (Phi) is 5.86. The molecule has 0 aromatic rings. The summed E-state index contributed by atoms with van der Waals surface area (Å²) in [6.07, 6.45) is 1.61. The van der Waals surface area contributed by atoms with E-state index in [-0.39, 0.29) is 0 Å². The van der Waals surface area contributed by atoms with Crippen LogP contribution in [0, 0.1) is 0 Å². The Morgan fingerprint density at radius 2 is 2.43 bits per heavy atom. The summed E-state index contributed by atoms with van der Waals surface area (Å²) in [4.78, 5) is 0. The maximum absolute atomic E-state index is 5.52. The second-order valence-corrected chi connectivity index (χ2v) is 4.95. The van der Waals surface area contributed by atoms with Gasteiger partial charge in [0.2, 0.25) is 0 Å². The zero-order valence-electron chi connectivity index (χ0n) is 9.29. The minimum atomic E-state index is 0.417. The van der Waals surface area contributed by atoms with Crippen LogP contribution in [0.25, 0.3) is 0 Å². The van der Waals surface area contributed by atoms with Gasteiger partial charge in [-0.3, -0.25) is 0 Å². The van der Waals surface area contributed by atoms with Gasteiger partial charge in [-0.2, -0.15) is 11.8 Å². The van der Waals surface area contributed by atoms with Crippen molar-refractivity contribution in [1.29, 1.82) is 0 Å². The minimum absolute atomic E-state index is 0.417. The van der Waals surface area contributed by atoms with Gasteiger partial charge in [0.1, 0.15) is 0 Å². The van der Waals surface area contributed by atoms with E-state index in [1.54, 1.807) is 7.11 Å². The van der Waals surface area contributed by atoms with Gasteiger partial charge in [-0.05, 0) is 20.4 Å². The number of methoxy groups -OCH3 is 1. The summed E-state index contributed by atoms with van der Waals surface area (Å²) < 4.78 is 10.6. The Morgan fingerprint density at radius 3 is 2.93 bits per heavy atom. The van der Waals surface area contributed by atoms with E-state index in [9.17, 15) is 0 Å². The summed E-state index contributed by atoms with van der Waals surface area (Å²) in [7, 11) is 3.73.